The minimum atomic E-state index is -2.87. The summed E-state index contributed by atoms with van der Waals surface area (Å²) >= 11 is 0. The quantitative estimate of drug-likeness (QED) is 0.296. The van der Waals surface area contributed by atoms with Gasteiger partial charge in [-0.3, -0.25) is 4.99 Å². The van der Waals surface area contributed by atoms with E-state index in [1.54, 1.807) is 32.4 Å². The maximum absolute atomic E-state index is 12.5. The van der Waals surface area contributed by atoms with Crippen LogP contribution in [0.2, 0.25) is 0 Å². The summed E-state index contributed by atoms with van der Waals surface area (Å²) < 4.78 is 40.7. The Labute approximate surface area is 186 Å². The average Bonchev–Trinajstić information content (AvgIpc) is 2.69. The maximum Gasteiger partial charge on any atom is 0.387 e. The predicted octanol–water partition coefficient (Wildman–Crippen LogP) is 4.05. The molecular weight excluding hydrogens is 495 g/mol. The molecule has 0 spiro atoms. The van der Waals surface area contributed by atoms with Crippen LogP contribution in [0.4, 0.5) is 8.78 Å². The van der Waals surface area contributed by atoms with Crippen LogP contribution in [0, 0.1) is 0 Å². The third kappa shape index (κ3) is 8.30. The number of nitrogens with zero attached hydrogens (tertiary/aromatic N) is 1. The van der Waals surface area contributed by atoms with Crippen molar-refractivity contribution in [3.8, 4) is 17.2 Å². The number of ether oxygens (including phenoxy) is 3. The molecule has 0 saturated carbocycles. The molecule has 2 aromatic carbocycles. The molecule has 0 aliphatic carbocycles. The molecule has 1 unspecified atom stereocenters. The Kier molecular flexibility index (Phi) is 11.1. The number of guanidine groups is 1. The van der Waals surface area contributed by atoms with Crippen LogP contribution >= 0.6 is 24.0 Å². The average molecular weight is 521 g/mol. The summed E-state index contributed by atoms with van der Waals surface area (Å²) in [5.74, 6) is 1.96. The Bertz CT molecular complexity index is 778. The highest BCUT2D eigenvalue weighted by Gasteiger charge is 2.11. The normalized spacial score (nSPS) is 12.0. The molecule has 0 heterocycles. The number of benzene rings is 2. The molecule has 0 aliphatic rings. The Morgan fingerprint density at radius 2 is 1.59 bits per heavy atom. The summed E-state index contributed by atoms with van der Waals surface area (Å²) in [6.07, 6.45) is -0.163. The van der Waals surface area contributed by atoms with Crippen molar-refractivity contribution in [1.29, 1.82) is 0 Å². The summed E-state index contributed by atoms with van der Waals surface area (Å²) in [6, 6.07) is 14.0. The standard InChI is InChI=1S/C20H25F2N3O3.HI/c1-14(27-18-11-7-6-10-17(18)26-3)12-24-20(23-2)25-13-15-8-4-5-9-16(15)28-19(21)22;/h4-11,14,19H,12-13H2,1-3H3,(H2,23,24,25);1H. The van der Waals surface area contributed by atoms with Crippen molar-refractivity contribution in [3.63, 3.8) is 0 Å². The van der Waals surface area contributed by atoms with Gasteiger partial charge in [0.1, 0.15) is 11.9 Å². The minimum Gasteiger partial charge on any atom is -0.493 e. The molecule has 0 aromatic heterocycles. The van der Waals surface area contributed by atoms with Crippen molar-refractivity contribution in [2.75, 3.05) is 20.7 Å². The van der Waals surface area contributed by atoms with Gasteiger partial charge >= 0.3 is 6.61 Å². The lowest BCUT2D eigenvalue weighted by atomic mass is 10.2. The highest BCUT2D eigenvalue weighted by atomic mass is 127. The number of nitrogens with one attached hydrogen (secondary N) is 2. The van der Waals surface area contributed by atoms with Gasteiger partial charge in [-0.2, -0.15) is 8.78 Å². The molecule has 160 valence electrons. The Balaban J connectivity index is 0.00000420. The molecule has 0 aliphatic heterocycles. The van der Waals surface area contributed by atoms with Crippen LogP contribution in [0.3, 0.4) is 0 Å². The monoisotopic (exact) mass is 521 g/mol. The van der Waals surface area contributed by atoms with Gasteiger partial charge in [-0.25, -0.2) is 0 Å². The number of rotatable bonds is 9. The number of para-hydroxylation sites is 3. The van der Waals surface area contributed by atoms with E-state index >= 15 is 0 Å². The molecule has 2 rings (SSSR count). The Morgan fingerprint density at radius 3 is 2.21 bits per heavy atom. The molecule has 6 nitrogen and oxygen atoms in total. The summed E-state index contributed by atoms with van der Waals surface area (Å²) in [4.78, 5) is 4.13. The lowest BCUT2D eigenvalue weighted by Crippen LogP contribution is -2.41. The summed E-state index contributed by atoms with van der Waals surface area (Å²) in [5.41, 5.74) is 0.601. The summed E-state index contributed by atoms with van der Waals surface area (Å²) in [6.45, 7) is -0.193. The first-order valence-corrected chi connectivity index (χ1v) is 8.80. The van der Waals surface area contributed by atoms with Crippen molar-refractivity contribution < 1.29 is 23.0 Å². The van der Waals surface area contributed by atoms with Crippen LogP contribution in [0.5, 0.6) is 17.2 Å². The fraction of sp³-hybridized carbons (Fsp3) is 0.350. The van der Waals surface area contributed by atoms with Crippen LogP contribution in [-0.2, 0) is 6.54 Å². The molecule has 0 fully saturated rings. The first-order valence-electron chi connectivity index (χ1n) is 8.80. The summed E-state index contributed by atoms with van der Waals surface area (Å²) in [5, 5.41) is 6.22. The minimum absolute atomic E-state index is 0. The predicted molar refractivity (Wildman–Crippen MR) is 120 cm³/mol. The maximum atomic E-state index is 12.5. The molecule has 0 bridgehead atoms. The van der Waals surface area contributed by atoms with E-state index in [0.29, 0.717) is 29.6 Å². The molecule has 2 aromatic rings. The summed E-state index contributed by atoms with van der Waals surface area (Å²) in [7, 11) is 3.22. The number of hydrogen-bond donors (Lipinski definition) is 2. The van der Waals surface area contributed by atoms with Crippen molar-refractivity contribution in [2.45, 2.75) is 26.2 Å². The van der Waals surface area contributed by atoms with E-state index in [-0.39, 0.29) is 42.4 Å². The van der Waals surface area contributed by atoms with E-state index in [1.165, 1.54) is 6.07 Å². The second-order valence-electron chi connectivity index (χ2n) is 5.87. The van der Waals surface area contributed by atoms with Gasteiger partial charge in [-0.05, 0) is 25.1 Å². The smallest absolute Gasteiger partial charge is 0.387 e. The first kappa shape index (κ1) is 24.7. The van der Waals surface area contributed by atoms with Crippen LogP contribution in [0.15, 0.2) is 53.5 Å². The lowest BCUT2D eigenvalue weighted by molar-refractivity contribution is -0.0504. The topological polar surface area (TPSA) is 64.1 Å². The second-order valence-corrected chi connectivity index (χ2v) is 5.87. The molecule has 0 radical (unpaired) electrons. The highest BCUT2D eigenvalue weighted by molar-refractivity contribution is 14.0. The molecular formula is C20H26F2IN3O3. The van der Waals surface area contributed by atoms with Gasteiger partial charge in [0, 0.05) is 19.2 Å². The molecule has 29 heavy (non-hydrogen) atoms. The van der Waals surface area contributed by atoms with E-state index < -0.39 is 6.61 Å². The number of aliphatic imine (C=N–C) groups is 1. The van der Waals surface area contributed by atoms with Crippen LogP contribution < -0.4 is 24.8 Å². The van der Waals surface area contributed by atoms with E-state index in [9.17, 15) is 8.78 Å². The zero-order valence-electron chi connectivity index (χ0n) is 16.5. The third-order valence-electron chi connectivity index (χ3n) is 3.81. The molecule has 0 amide bonds. The third-order valence-corrected chi connectivity index (χ3v) is 3.81. The molecule has 2 N–H and O–H groups in total. The van der Waals surface area contributed by atoms with Gasteiger partial charge in [0.15, 0.2) is 17.5 Å². The van der Waals surface area contributed by atoms with Crippen LogP contribution in [0.1, 0.15) is 12.5 Å². The highest BCUT2D eigenvalue weighted by Crippen LogP contribution is 2.26. The van der Waals surface area contributed by atoms with Crippen LogP contribution in [-0.4, -0.2) is 39.4 Å². The molecule has 0 saturated heterocycles. The molecule has 1 atom stereocenters. The van der Waals surface area contributed by atoms with Gasteiger partial charge in [0.05, 0.1) is 13.7 Å². The van der Waals surface area contributed by atoms with Gasteiger partial charge in [-0.1, -0.05) is 30.3 Å². The van der Waals surface area contributed by atoms with Gasteiger partial charge in [-0.15, -0.1) is 24.0 Å². The van der Waals surface area contributed by atoms with Crippen LogP contribution in [0.25, 0.3) is 0 Å². The Morgan fingerprint density at radius 1 is 0.966 bits per heavy atom. The van der Waals surface area contributed by atoms with E-state index in [2.05, 4.69) is 20.4 Å². The van der Waals surface area contributed by atoms with E-state index in [0.717, 1.165) is 0 Å². The number of hydrogen-bond acceptors (Lipinski definition) is 4. The van der Waals surface area contributed by atoms with Crippen molar-refractivity contribution in [3.05, 3.63) is 54.1 Å². The number of halogens is 3. The Hall–Kier alpha value is -2.30. The second kappa shape index (κ2) is 13.0. The number of alkyl halides is 2. The van der Waals surface area contributed by atoms with Gasteiger partial charge < -0.3 is 24.8 Å². The largest absolute Gasteiger partial charge is 0.493 e. The fourth-order valence-corrected chi connectivity index (χ4v) is 2.48. The first-order chi connectivity index (χ1) is 13.5. The van der Waals surface area contributed by atoms with Gasteiger partial charge in [0.2, 0.25) is 0 Å². The van der Waals surface area contributed by atoms with Crippen molar-refractivity contribution >= 4 is 29.9 Å². The molecule has 9 heteroatoms. The number of methoxy groups -OCH3 is 1. The van der Waals surface area contributed by atoms with E-state index in [4.69, 9.17) is 9.47 Å². The van der Waals surface area contributed by atoms with E-state index in [1.807, 2.05) is 31.2 Å². The lowest BCUT2D eigenvalue weighted by Gasteiger charge is -2.19. The fourth-order valence-electron chi connectivity index (χ4n) is 2.48. The zero-order chi connectivity index (χ0) is 20.4. The SMILES string of the molecule is CN=C(NCc1ccccc1OC(F)F)NCC(C)Oc1ccccc1OC.I. The van der Waals surface area contributed by atoms with Crippen molar-refractivity contribution in [2.24, 2.45) is 4.99 Å². The van der Waals surface area contributed by atoms with Crippen molar-refractivity contribution in [1.82, 2.24) is 10.6 Å². The zero-order valence-corrected chi connectivity index (χ0v) is 18.9. The van der Waals surface area contributed by atoms with Gasteiger partial charge in [0.25, 0.3) is 0 Å².